The van der Waals surface area contributed by atoms with Gasteiger partial charge in [0.05, 0.1) is 0 Å². The number of aromatic nitrogens is 2. The predicted octanol–water partition coefficient (Wildman–Crippen LogP) is 4.77. The standard InChI is InChI=1S/C24H27N3O2/c1-16-26-13-12-23(27-16)29-21-10-6-18(7-11-21)24(2,3)17-4-8-20(9-5-17)28-22-14-19(25)15-22/h4-13,19,22H,14-15,25H2,1-3H3. The van der Waals surface area contributed by atoms with Crippen LogP contribution in [0.2, 0.25) is 0 Å². The maximum Gasteiger partial charge on any atom is 0.222 e. The average Bonchev–Trinajstić information content (AvgIpc) is 2.68. The lowest BCUT2D eigenvalue weighted by atomic mass is 9.78. The van der Waals surface area contributed by atoms with E-state index in [0.29, 0.717) is 17.7 Å². The van der Waals surface area contributed by atoms with Gasteiger partial charge in [-0.25, -0.2) is 4.98 Å². The summed E-state index contributed by atoms with van der Waals surface area (Å²) in [7, 11) is 0. The minimum Gasteiger partial charge on any atom is -0.490 e. The zero-order valence-electron chi connectivity index (χ0n) is 17.1. The molecule has 150 valence electrons. The van der Waals surface area contributed by atoms with E-state index in [2.05, 4.69) is 60.2 Å². The molecular formula is C24H27N3O2. The molecule has 0 aliphatic heterocycles. The van der Waals surface area contributed by atoms with Gasteiger partial charge in [-0.2, -0.15) is 4.98 Å². The van der Waals surface area contributed by atoms with Gasteiger partial charge in [0.1, 0.15) is 23.4 Å². The van der Waals surface area contributed by atoms with Crippen LogP contribution >= 0.6 is 0 Å². The van der Waals surface area contributed by atoms with Crippen LogP contribution in [0.5, 0.6) is 17.4 Å². The van der Waals surface area contributed by atoms with Crippen LogP contribution in [0.3, 0.4) is 0 Å². The van der Waals surface area contributed by atoms with E-state index in [9.17, 15) is 0 Å². The number of hydrogen-bond donors (Lipinski definition) is 1. The highest BCUT2D eigenvalue weighted by Gasteiger charge is 2.28. The maximum absolute atomic E-state index is 5.97. The van der Waals surface area contributed by atoms with Crippen LogP contribution in [0, 0.1) is 6.92 Å². The van der Waals surface area contributed by atoms with Gasteiger partial charge in [-0.1, -0.05) is 38.1 Å². The Hall–Kier alpha value is -2.92. The monoisotopic (exact) mass is 389 g/mol. The number of ether oxygens (including phenoxy) is 2. The van der Waals surface area contributed by atoms with Crippen LogP contribution in [0.1, 0.15) is 43.6 Å². The van der Waals surface area contributed by atoms with Crippen molar-refractivity contribution in [2.24, 2.45) is 5.73 Å². The molecule has 3 aromatic rings. The molecule has 5 heteroatoms. The van der Waals surface area contributed by atoms with Crippen LogP contribution in [0.25, 0.3) is 0 Å². The molecule has 2 N–H and O–H groups in total. The first-order chi connectivity index (χ1) is 13.9. The Morgan fingerprint density at radius 3 is 2.03 bits per heavy atom. The molecule has 1 aliphatic rings. The number of benzene rings is 2. The van der Waals surface area contributed by atoms with Crippen molar-refractivity contribution in [2.75, 3.05) is 0 Å². The third kappa shape index (κ3) is 4.40. The third-order valence-corrected chi connectivity index (χ3v) is 5.56. The van der Waals surface area contributed by atoms with Crippen LogP contribution in [0.15, 0.2) is 60.8 Å². The second-order valence-electron chi connectivity index (χ2n) is 8.19. The van der Waals surface area contributed by atoms with Gasteiger partial charge < -0.3 is 15.2 Å². The molecule has 5 nitrogen and oxygen atoms in total. The highest BCUT2D eigenvalue weighted by molar-refractivity contribution is 5.42. The zero-order chi connectivity index (χ0) is 20.4. The molecule has 0 bridgehead atoms. The third-order valence-electron chi connectivity index (χ3n) is 5.56. The van der Waals surface area contributed by atoms with Crippen molar-refractivity contribution in [3.8, 4) is 17.4 Å². The van der Waals surface area contributed by atoms with E-state index in [1.165, 1.54) is 11.1 Å². The largest absolute Gasteiger partial charge is 0.490 e. The van der Waals surface area contributed by atoms with Gasteiger partial charge in [-0.3, -0.25) is 0 Å². The number of nitrogens with zero attached hydrogens (tertiary/aromatic N) is 2. The average molecular weight is 389 g/mol. The fourth-order valence-electron chi connectivity index (χ4n) is 3.56. The van der Waals surface area contributed by atoms with Crippen molar-refractivity contribution in [3.05, 3.63) is 77.7 Å². The smallest absolute Gasteiger partial charge is 0.222 e. The number of aryl methyl sites for hydroxylation is 1. The van der Waals surface area contributed by atoms with Crippen LogP contribution in [0.4, 0.5) is 0 Å². The normalized spacial score (nSPS) is 18.8. The Labute approximate surface area is 171 Å². The van der Waals surface area contributed by atoms with E-state index < -0.39 is 0 Å². The lowest BCUT2D eigenvalue weighted by Gasteiger charge is -2.33. The van der Waals surface area contributed by atoms with E-state index in [4.69, 9.17) is 15.2 Å². The molecule has 1 saturated carbocycles. The van der Waals surface area contributed by atoms with Crippen molar-refractivity contribution in [1.29, 1.82) is 0 Å². The molecule has 0 amide bonds. The summed E-state index contributed by atoms with van der Waals surface area (Å²) in [5, 5.41) is 0. The van der Waals surface area contributed by atoms with Crippen molar-refractivity contribution < 1.29 is 9.47 Å². The fourth-order valence-corrected chi connectivity index (χ4v) is 3.56. The van der Waals surface area contributed by atoms with Crippen molar-refractivity contribution in [2.45, 2.75) is 51.2 Å². The minimum atomic E-state index is -0.138. The summed E-state index contributed by atoms with van der Waals surface area (Å²) in [6, 6.07) is 18.6. The Kier molecular flexibility index (Phi) is 5.24. The summed E-state index contributed by atoms with van der Waals surface area (Å²) >= 11 is 0. The van der Waals surface area contributed by atoms with Crippen LogP contribution in [-0.2, 0) is 5.41 Å². The summed E-state index contributed by atoms with van der Waals surface area (Å²) in [6.45, 7) is 6.28. The van der Waals surface area contributed by atoms with Gasteiger partial charge >= 0.3 is 0 Å². The number of hydrogen-bond acceptors (Lipinski definition) is 5. The van der Waals surface area contributed by atoms with E-state index in [1.807, 2.05) is 19.1 Å². The molecular weight excluding hydrogens is 362 g/mol. The summed E-state index contributed by atoms with van der Waals surface area (Å²) in [5.74, 6) is 2.90. The minimum absolute atomic E-state index is 0.138. The molecule has 29 heavy (non-hydrogen) atoms. The van der Waals surface area contributed by atoms with Gasteiger partial charge in [0.15, 0.2) is 0 Å². The maximum atomic E-state index is 5.97. The highest BCUT2D eigenvalue weighted by Crippen LogP contribution is 2.34. The summed E-state index contributed by atoms with van der Waals surface area (Å²) in [6.07, 6.45) is 3.84. The first-order valence-electron chi connectivity index (χ1n) is 10.0. The van der Waals surface area contributed by atoms with Gasteiger partial charge in [-0.15, -0.1) is 0 Å². The van der Waals surface area contributed by atoms with Crippen molar-refractivity contribution in [3.63, 3.8) is 0 Å². The van der Waals surface area contributed by atoms with E-state index in [0.717, 1.165) is 24.3 Å². The molecule has 4 rings (SSSR count). The number of nitrogens with two attached hydrogens (primary N) is 1. The second-order valence-corrected chi connectivity index (χ2v) is 8.19. The summed E-state index contributed by atoms with van der Waals surface area (Å²) in [5.41, 5.74) is 8.14. The van der Waals surface area contributed by atoms with Crippen LogP contribution < -0.4 is 15.2 Å². The Morgan fingerprint density at radius 2 is 1.48 bits per heavy atom. The van der Waals surface area contributed by atoms with E-state index >= 15 is 0 Å². The quantitative estimate of drug-likeness (QED) is 0.657. The fraction of sp³-hybridized carbons (Fsp3) is 0.333. The first-order valence-corrected chi connectivity index (χ1v) is 10.0. The van der Waals surface area contributed by atoms with Crippen LogP contribution in [-0.4, -0.2) is 22.1 Å². The van der Waals surface area contributed by atoms with E-state index in [-0.39, 0.29) is 11.5 Å². The topological polar surface area (TPSA) is 70.3 Å². The molecule has 0 unspecified atom stereocenters. The van der Waals surface area contributed by atoms with E-state index in [1.54, 1.807) is 12.3 Å². The Morgan fingerprint density at radius 1 is 0.897 bits per heavy atom. The zero-order valence-corrected chi connectivity index (χ0v) is 17.1. The van der Waals surface area contributed by atoms with Crippen molar-refractivity contribution >= 4 is 0 Å². The SMILES string of the molecule is Cc1nccc(Oc2ccc(C(C)(C)c3ccc(OC4CC(N)C4)cc3)cc2)n1. The molecule has 0 spiro atoms. The molecule has 1 fully saturated rings. The van der Waals surface area contributed by atoms with Gasteiger partial charge in [-0.05, 0) is 55.2 Å². The second kappa shape index (κ2) is 7.84. The summed E-state index contributed by atoms with van der Waals surface area (Å²) in [4.78, 5) is 8.37. The lowest BCUT2D eigenvalue weighted by molar-refractivity contribution is 0.101. The molecule has 1 aromatic heterocycles. The Bertz CT molecular complexity index is 962. The first kappa shape index (κ1) is 19.4. The molecule has 0 radical (unpaired) electrons. The van der Waals surface area contributed by atoms with Gasteiger partial charge in [0.25, 0.3) is 0 Å². The summed E-state index contributed by atoms with van der Waals surface area (Å²) < 4.78 is 11.8. The predicted molar refractivity (Wildman–Crippen MR) is 113 cm³/mol. The molecule has 0 atom stereocenters. The van der Waals surface area contributed by atoms with Crippen molar-refractivity contribution in [1.82, 2.24) is 9.97 Å². The molecule has 0 saturated heterocycles. The lowest BCUT2D eigenvalue weighted by Crippen LogP contribution is -2.43. The highest BCUT2D eigenvalue weighted by atomic mass is 16.5. The number of rotatable bonds is 6. The molecule has 2 aromatic carbocycles. The molecule has 1 heterocycles. The van der Waals surface area contributed by atoms with Gasteiger partial charge in [0.2, 0.25) is 5.88 Å². The Balaban J connectivity index is 1.45. The molecule has 1 aliphatic carbocycles. The van der Waals surface area contributed by atoms with Gasteiger partial charge in [0, 0.05) is 23.7 Å².